The molecule has 0 aliphatic heterocycles. The summed E-state index contributed by atoms with van der Waals surface area (Å²) in [5.41, 5.74) is 7.56. The Labute approximate surface area is 132 Å². The van der Waals surface area contributed by atoms with Gasteiger partial charge in [-0.3, -0.25) is 4.79 Å². The second-order valence-electron chi connectivity index (χ2n) is 5.12. The third-order valence-corrected chi connectivity index (χ3v) is 4.62. The van der Waals surface area contributed by atoms with Gasteiger partial charge in [-0.05, 0) is 36.6 Å². The van der Waals surface area contributed by atoms with Crippen LogP contribution in [0, 0.1) is 0 Å². The van der Waals surface area contributed by atoms with Crippen molar-refractivity contribution in [1.29, 1.82) is 0 Å². The van der Waals surface area contributed by atoms with Crippen molar-refractivity contribution in [3.8, 4) is 0 Å². The van der Waals surface area contributed by atoms with Gasteiger partial charge in [-0.2, -0.15) is 0 Å². The van der Waals surface area contributed by atoms with E-state index in [1.54, 1.807) is 0 Å². The predicted octanol–water partition coefficient (Wildman–Crippen LogP) is 3.49. The maximum absolute atomic E-state index is 12.0. The number of hydrogen-bond donors (Lipinski definition) is 3. The molecular weight excluding hydrogens is 306 g/mol. The smallest absolute Gasteiger partial charge is 0.263 e. The lowest BCUT2D eigenvalue weighted by molar-refractivity contribution is 0.0956. The molecule has 1 saturated carbocycles. The molecule has 21 heavy (non-hydrogen) atoms. The summed E-state index contributed by atoms with van der Waals surface area (Å²) >= 11 is 7.24. The molecule has 0 atom stereocenters. The number of nitrogen functional groups attached to an aromatic ring is 1. The van der Waals surface area contributed by atoms with Gasteiger partial charge in [0.1, 0.15) is 4.88 Å². The molecule has 1 aliphatic carbocycles. The van der Waals surface area contributed by atoms with Gasteiger partial charge in [0.05, 0.1) is 10.7 Å². The highest BCUT2D eigenvalue weighted by Gasteiger charge is 2.25. The number of halogens is 1. The van der Waals surface area contributed by atoms with Gasteiger partial charge >= 0.3 is 0 Å². The maximum Gasteiger partial charge on any atom is 0.263 e. The molecule has 110 valence electrons. The molecule has 0 bridgehead atoms. The SMILES string of the molecule is Nc1cc(NCc2ccc(Cl)cc2)sc1C(=O)NC1CC1. The van der Waals surface area contributed by atoms with Gasteiger partial charge in [-0.15, -0.1) is 11.3 Å². The van der Waals surface area contributed by atoms with Crippen molar-refractivity contribution in [2.75, 3.05) is 11.1 Å². The summed E-state index contributed by atoms with van der Waals surface area (Å²) in [4.78, 5) is 12.6. The number of anilines is 2. The molecule has 1 fully saturated rings. The van der Waals surface area contributed by atoms with Crippen molar-refractivity contribution in [3.05, 3.63) is 45.8 Å². The molecule has 0 saturated heterocycles. The van der Waals surface area contributed by atoms with Gasteiger partial charge in [0.15, 0.2) is 0 Å². The first-order valence-electron chi connectivity index (χ1n) is 6.80. The summed E-state index contributed by atoms with van der Waals surface area (Å²) in [6.45, 7) is 0.667. The maximum atomic E-state index is 12.0. The largest absolute Gasteiger partial charge is 0.397 e. The Morgan fingerprint density at radius 1 is 1.33 bits per heavy atom. The summed E-state index contributed by atoms with van der Waals surface area (Å²) in [6, 6.07) is 9.79. The van der Waals surface area contributed by atoms with E-state index in [4.69, 9.17) is 17.3 Å². The zero-order valence-electron chi connectivity index (χ0n) is 11.4. The average Bonchev–Trinajstić information content (AvgIpc) is 3.19. The normalized spacial score (nSPS) is 14.0. The molecule has 4 N–H and O–H groups in total. The minimum atomic E-state index is -0.0699. The number of rotatable bonds is 5. The molecule has 4 nitrogen and oxygen atoms in total. The molecule has 0 unspecified atom stereocenters. The van der Waals surface area contributed by atoms with E-state index >= 15 is 0 Å². The first-order valence-corrected chi connectivity index (χ1v) is 8.00. The molecule has 1 amide bonds. The summed E-state index contributed by atoms with van der Waals surface area (Å²) in [6.07, 6.45) is 2.14. The topological polar surface area (TPSA) is 67.1 Å². The zero-order chi connectivity index (χ0) is 14.8. The lowest BCUT2D eigenvalue weighted by Gasteiger charge is -2.03. The highest BCUT2D eigenvalue weighted by molar-refractivity contribution is 7.18. The van der Waals surface area contributed by atoms with E-state index in [9.17, 15) is 4.79 Å². The minimum Gasteiger partial charge on any atom is -0.397 e. The lowest BCUT2D eigenvalue weighted by atomic mass is 10.2. The van der Waals surface area contributed by atoms with Crippen molar-refractivity contribution < 1.29 is 4.79 Å². The molecule has 1 aromatic heterocycles. The standard InChI is InChI=1S/C15H16ClN3OS/c16-10-3-1-9(2-4-10)8-18-13-7-12(17)14(21-13)15(20)19-11-5-6-11/h1-4,7,11,18H,5-6,8,17H2,(H,19,20). The summed E-state index contributed by atoms with van der Waals surface area (Å²) in [5, 5.41) is 7.85. The second kappa shape index (κ2) is 5.95. The number of benzene rings is 1. The minimum absolute atomic E-state index is 0.0699. The van der Waals surface area contributed by atoms with Crippen LogP contribution in [0.2, 0.25) is 5.02 Å². The number of thiophene rings is 1. The van der Waals surface area contributed by atoms with Crippen molar-refractivity contribution in [2.24, 2.45) is 0 Å². The van der Waals surface area contributed by atoms with Crippen LogP contribution in [0.3, 0.4) is 0 Å². The Morgan fingerprint density at radius 2 is 2.05 bits per heavy atom. The zero-order valence-corrected chi connectivity index (χ0v) is 12.9. The van der Waals surface area contributed by atoms with E-state index in [-0.39, 0.29) is 5.91 Å². The molecule has 1 heterocycles. The molecule has 1 aliphatic rings. The quantitative estimate of drug-likeness (QED) is 0.789. The van der Waals surface area contributed by atoms with Crippen LogP contribution in [-0.2, 0) is 6.54 Å². The van der Waals surface area contributed by atoms with E-state index in [1.165, 1.54) is 11.3 Å². The molecule has 0 radical (unpaired) electrons. The summed E-state index contributed by atoms with van der Waals surface area (Å²) < 4.78 is 0. The molecule has 0 spiro atoms. The third kappa shape index (κ3) is 3.68. The number of nitrogens with two attached hydrogens (primary N) is 1. The predicted molar refractivity (Wildman–Crippen MR) is 88.0 cm³/mol. The Morgan fingerprint density at radius 3 is 2.71 bits per heavy atom. The average molecular weight is 322 g/mol. The number of amides is 1. The molecular formula is C15H16ClN3OS. The third-order valence-electron chi connectivity index (χ3n) is 3.26. The molecule has 3 rings (SSSR count). The number of hydrogen-bond acceptors (Lipinski definition) is 4. The van der Waals surface area contributed by atoms with Crippen molar-refractivity contribution >= 4 is 39.5 Å². The second-order valence-corrected chi connectivity index (χ2v) is 6.61. The van der Waals surface area contributed by atoms with E-state index in [0.29, 0.717) is 23.2 Å². The van der Waals surface area contributed by atoms with Gasteiger partial charge < -0.3 is 16.4 Å². The highest BCUT2D eigenvalue weighted by Crippen LogP contribution is 2.30. The fourth-order valence-electron chi connectivity index (χ4n) is 1.94. The number of carbonyl (C=O) groups is 1. The Kier molecular flexibility index (Phi) is 4.03. The van der Waals surface area contributed by atoms with Crippen LogP contribution in [0.4, 0.5) is 10.7 Å². The Balaban J connectivity index is 1.63. The van der Waals surface area contributed by atoms with Crippen LogP contribution >= 0.6 is 22.9 Å². The highest BCUT2D eigenvalue weighted by atomic mass is 35.5. The van der Waals surface area contributed by atoms with E-state index < -0.39 is 0 Å². The van der Waals surface area contributed by atoms with E-state index in [0.717, 1.165) is 28.4 Å². The van der Waals surface area contributed by atoms with E-state index in [1.807, 2.05) is 30.3 Å². The number of carbonyl (C=O) groups excluding carboxylic acids is 1. The first-order chi connectivity index (χ1) is 10.1. The number of nitrogens with one attached hydrogen (secondary N) is 2. The van der Waals surface area contributed by atoms with Gasteiger partial charge in [-0.1, -0.05) is 23.7 Å². The van der Waals surface area contributed by atoms with Crippen LogP contribution in [-0.4, -0.2) is 11.9 Å². The van der Waals surface area contributed by atoms with Gasteiger partial charge in [-0.25, -0.2) is 0 Å². The summed E-state index contributed by atoms with van der Waals surface area (Å²) in [7, 11) is 0. The fourth-order valence-corrected chi connectivity index (χ4v) is 2.94. The van der Waals surface area contributed by atoms with Crippen LogP contribution in [0.25, 0.3) is 0 Å². The first kappa shape index (κ1) is 14.2. The monoisotopic (exact) mass is 321 g/mol. The van der Waals surface area contributed by atoms with Crippen LogP contribution < -0.4 is 16.4 Å². The van der Waals surface area contributed by atoms with Crippen LogP contribution in [0.1, 0.15) is 28.1 Å². The Hall–Kier alpha value is -1.72. The molecule has 6 heteroatoms. The Bertz CT molecular complexity index is 649. The van der Waals surface area contributed by atoms with Crippen LogP contribution in [0.5, 0.6) is 0 Å². The van der Waals surface area contributed by atoms with Crippen molar-refractivity contribution in [2.45, 2.75) is 25.4 Å². The van der Waals surface area contributed by atoms with Crippen molar-refractivity contribution in [3.63, 3.8) is 0 Å². The van der Waals surface area contributed by atoms with Gasteiger partial charge in [0, 0.05) is 17.6 Å². The fraction of sp³-hybridized carbons (Fsp3) is 0.267. The van der Waals surface area contributed by atoms with E-state index in [2.05, 4.69) is 10.6 Å². The van der Waals surface area contributed by atoms with Crippen molar-refractivity contribution in [1.82, 2.24) is 5.32 Å². The van der Waals surface area contributed by atoms with Crippen LogP contribution in [0.15, 0.2) is 30.3 Å². The lowest BCUT2D eigenvalue weighted by Crippen LogP contribution is -2.25. The van der Waals surface area contributed by atoms with Gasteiger partial charge in [0.25, 0.3) is 5.91 Å². The van der Waals surface area contributed by atoms with Gasteiger partial charge in [0.2, 0.25) is 0 Å². The molecule has 2 aromatic rings. The summed E-state index contributed by atoms with van der Waals surface area (Å²) in [5.74, 6) is -0.0699. The molecule has 1 aromatic carbocycles.